The van der Waals surface area contributed by atoms with Crippen molar-refractivity contribution in [3.05, 3.63) is 35.9 Å². The number of rotatable bonds is 14. The highest BCUT2D eigenvalue weighted by molar-refractivity contribution is 7.88. The molecule has 1 aliphatic heterocycles. The molecule has 52 heavy (non-hydrogen) atoms. The third-order valence-electron chi connectivity index (χ3n) is 10.5. The zero-order valence-electron chi connectivity index (χ0n) is 32.7. The first-order valence-electron chi connectivity index (χ1n) is 18.3. The van der Waals surface area contributed by atoms with Crippen LogP contribution >= 0.6 is 0 Å². The fourth-order valence-corrected chi connectivity index (χ4v) is 7.79. The molecule has 1 saturated heterocycles. The van der Waals surface area contributed by atoms with Crippen molar-refractivity contribution in [3.8, 4) is 0 Å². The van der Waals surface area contributed by atoms with Gasteiger partial charge in [-0.3, -0.25) is 19.2 Å². The SMILES string of the molecule is CC(C)(C)[C@H](NC(=O)N[C@H](CN(Cc1ccccc1)S(C)(=O)=O)C(C)(C)C)C(=O)N1CC[C@H](C(C)(C)C)[C@H]1C(=O)NC(CC1CCC1)C(=O)C(N)=O. The highest BCUT2D eigenvalue weighted by Gasteiger charge is 2.50. The first-order chi connectivity index (χ1) is 23.8. The van der Waals surface area contributed by atoms with Crippen LogP contribution in [0.4, 0.5) is 4.79 Å². The predicted octanol–water partition coefficient (Wildman–Crippen LogP) is 3.57. The van der Waals surface area contributed by atoms with E-state index in [1.165, 1.54) is 9.21 Å². The molecule has 5 N–H and O–H groups in total. The summed E-state index contributed by atoms with van der Waals surface area (Å²) in [5, 5.41) is 8.62. The van der Waals surface area contributed by atoms with E-state index < -0.39 is 80.0 Å². The average Bonchev–Trinajstić information content (AvgIpc) is 3.45. The molecule has 0 aromatic heterocycles. The topological polar surface area (TPSA) is 188 Å². The molecule has 1 saturated carbocycles. The van der Waals surface area contributed by atoms with Gasteiger partial charge >= 0.3 is 6.03 Å². The molecule has 5 atom stereocenters. The maximum absolute atomic E-state index is 14.5. The Morgan fingerprint density at radius 1 is 0.885 bits per heavy atom. The summed E-state index contributed by atoms with van der Waals surface area (Å²) in [5.41, 5.74) is 4.39. The molecule has 13 nitrogen and oxygen atoms in total. The number of Topliss-reactive ketones (excluding diaryl/α,β-unsaturated/α-hetero) is 1. The Morgan fingerprint density at radius 3 is 1.94 bits per heavy atom. The number of nitrogens with two attached hydrogens (primary N) is 1. The number of primary amides is 1. The standard InChI is InChI=1S/C38H62N6O7S/c1-36(2,3)26-19-20-44(29(26)33(47)40-27(30(45)32(39)46)21-24-17-14-18-24)34(48)31(38(7,8)9)42-35(49)41-28(37(4,5)6)23-43(52(10,50)51)22-25-15-12-11-13-16-25/h11-13,15-16,24,26-29,31H,14,17-23H2,1-10H3,(H2,39,46)(H,40,47)(H2,41,42,49)/t26-,27?,28+,29-,31+/m0/s1. The van der Waals surface area contributed by atoms with Crippen molar-refractivity contribution < 1.29 is 32.4 Å². The van der Waals surface area contributed by atoms with E-state index in [-0.39, 0.29) is 31.5 Å². The molecule has 1 aliphatic carbocycles. The molecule has 3 rings (SSSR count). The van der Waals surface area contributed by atoms with E-state index in [1.807, 2.05) is 92.6 Å². The van der Waals surface area contributed by atoms with Crippen LogP contribution in [0.3, 0.4) is 0 Å². The van der Waals surface area contributed by atoms with E-state index in [0.29, 0.717) is 12.8 Å². The molecular weight excluding hydrogens is 685 g/mol. The van der Waals surface area contributed by atoms with Crippen LogP contribution in [0.15, 0.2) is 30.3 Å². The number of hydrogen-bond acceptors (Lipinski definition) is 7. The van der Waals surface area contributed by atoms with Gasteiger partial charge in [-0.25, -0.2) is 13.2 Å². The molecular formula is C38H62N6O7S. The molecule has 0 radical (unpaired) electrons. The maximum atomic E-state index is 14.5. The third-order valence-corrected chi connectivity index (χ3v) is 11.7. The van der Waals surface area contributed by atoms with Gasteiger partial charge in [0.05, 0.1) is 12.3 Å². The summed E-state index contributed by atoms with van der Waals surface area (Å²) in [6.07, 6.45) is 4.76. The van der Waals surface area contributed by atoms with Crippen LogP contribution in [0.1, 0.15) is 100.0 Å². The molecule has 2 aliphatic rings. The summed E-state index contributed by atoms with van der Waals surface area (Å²) in [6.45, 7) is 17.5. The van der Waals surface area contributed by atoms with Crippen molar-refractivity contribution >= 4 is 39.6 Å². The second-order valence-electron chi connectivity index (χ2n) is 17.9. The van der Waals surface area contributed by atoms with Crippen molar-refractivity contribution in [2.75, 3.05) is 19.3 Å². The highest BCUT2D eigenvalue weighted by atomic mass is 32.2. The number of likely N-dealkylation sites (tertiary alicyclic amines) is 1. The number of carbonyl (C=O) groups is 5. The Labute approximate surface area is 310 Å². The van der Waals surface area contributed by atoms with Crippen LogP contribution in [0.5, 0.6) is 0 Å². The molecule has 0 bridgehead atoms. The lowest BCUT2D eigenvalue weighted by molar-refractivity contribution is -0.145. The number of sulfonamides is 1. The lowest BCUT2D eigenvalue weighted by Gasteiger charge is -2.40. The van der Waals surface area contributed by atoms with E-state index in [4.69, 9.17) is 5.73 Å². The second-order valence-corrected chi connectivity index (χ2v) is 19.9. The van der Waals surface area contributed by atoms with Gasteiger partial charge in [-0.15, -0.1) is 0 Å². The zero-order chi connectivity index (χ0) is 39.4. The van der Waals surface area contributed by atoms with E-state index in [2.05, 4.69) is 16.0 Å². The van der Waals surface area contributed by atoms with Crippen LogP contribution in [0, 0.1) is 28.1 Å². The fourth-order valence-electron chi connectivity index (χ4n) is 6.98. The van der Waals surface area contributed by atoms with Gasteiger partial charge in [0.25, 0.3) is 5.91 Å². The Morgan fingerprint density at radius 2 is 1.48 bits per heavy atom. The van der Waals surface area contributed by atoms with Crippen molar-refractivity contribution in [2.45, 2.75) is 125 Å². The lowest BCUT2D eigenvalue weighted by atomic mass is 9.75. The van der Waals surface area contributed by atoms with Gasteiger partial charge in [-0.2, -0.15) is 4.31 Å². The van der Waals surface area contributed by atoms with Crippen molar-refractivity contribution in [3.63, 3.8) is 0 Å². The normalized spacial score (nSPS) is 20.4. The van der Waals surface area contributed by atoms with E-state index >= 15 is 0 Å². The lowest BCUT2D eigenvalue weighted by Crippen LogP contribution is -2.62. The second kappa shape index (κ2) is 16.7. The first-order valence-corrected chi connectivity index (χ1v) is 20.2. The number of benzene rings is 1. The van der Waals surface area contributed by atoms with Crippen molar-refractivity contribution in [2.24, 2.45) is 33.8 Å². The number of carbonyl (C=O) groups excluding carboxylic acids is 5. The van der Waals surface area contributed by atoms with Crippen molar-refractivity contribution in [1.82, 2.24) is 25.2 Å². The number of ketones is 1. The molecule has 5 amide bonds. The Hall–Kier alpha value is -3.52. The van der Waals surface area contributed by atoms with E-state index in [1.54, 1.807) is 0 Å². The van der Waals surface area contributed by atoms with Crippen LogP contribution in [-0.4, -0.2) is 90.7 Å². The zero-order valence-corrected chi connectivity index (χ0v) is 33.6. The van der Waals surface area contributed by atoms with Crippen LogP contribution in [0.25, 0.3) is 0 Å². The summed E-state index contributed by atoms with van der Waals surface area (Å²) in [5.74, 6) is -3.06. The molecule has 292 valence electrons. The van der Waals surface area contributed by atoms with Crippen LogP contribution < -0.4 is 21.7 Å². The molecule has 1 aromatic carbocycles. The van der Waals surface area contributed by atoms with Gasteiger partial charge in [-0.1, -0.05) is 112 Å². The molecule has 1 aromatic rings. The van der Waals surface area contributed by atoms with Gasteiger partial charge < -0.3 is 26.6 Å². The monoisotopic (exact) mass is 746 g/mol. The van der Waals surface area contributed by atoms with Gasteiger partial charge in [0, 0.05) is 25.7 Å². The number of urea groups is 1. The number of hydrogen-bond donors (Lipinski definition) is 4. The molecule has 2 fully saturated rings. The van der Waals surface area contributed by atoms with Gasteiger partial charge in [0.2, 0.25) is 27.6 Å². The summed E-state index contributed by atoms with van der Waals surface area (Å²) in [7, 11) is -3.66. The van der Waals surface area contributed by atoms with Crippen LogP contribution in [0.2, 0.25) is 0 Å². The smallest absolute Gasteiger partial charge is 0.315 e. The summed E-state index contributed by atoms with van der Waals surface area (Å²) in [4.78, 5) is 68.8. The van der Waals surface area contributed by atoms with Crippen LogP contribution in [-0.2, 0) is 35.7 Å². The Balaban J connectivity index is 1.88. The Kier molecular flexibility index (Phi) is 13.7. The van der Waals surface area contributed by atoms with Gasteiger partial charge in [0.15, 0.2) is 0 Å². The maximum Gasteiger partial charge on any atom is 0.315 e. The van der Waals surface area contributed by atoms with Gasteiger partial charge in [-0.05, 0) is 46.5 Å². The number of nitrogens with one attached hydrogen (secondary N) is 3. The minimum absolute atomic E-state index is 0.00748. The first kappa shape index (κ1) is 42.9. The highest BCUT2D eigenvalue weighted by Crippen LogP contribution is 2.40. The Bertz CT molecular complexity index is 1560. The quantitative estimate of drug-likeness (QED) is 0.210. The summed E-state index contributed by atoms with van der Waals surface area (Å²) < 4.78 is 27.1. The molecule has 1 unspecified atom stereocenters. The summed E-state index contributed by atoms with van der Waals surface area (Å²) >= 11 is 0. The fraction of sp³-hybridized carbons (Fsp3) is 0.711. The van der Waals surface area contributed by atoms with E-state index in [9.17, 15) is 32.4 Å². The average molecular weight is 747 g/mol. The van der Waals surface area contributed by atoms with Crippen molar-refractivity contribution in [1.29, 1.82) is 0 Å². The molecule has 0 spiro atoms. The molecule has 1 heterocycles. The summed E-state index contributed by atoms with van der Waals surface area (Å²) in [6, 6.07) is 4.77. The third kappa shape index (κ3) is 11.5. The number of nitrogens with zero attached hydrogens (tertiary/aromatic N) is 2. The minimum atomic E-state index is -3.66. The number of amides is 5. The van der Waals surface area contributed by atoms with Gasteiger partial charge in [0.1, 0.15) is 12.1 Å². The largest absolute Gasteiger partial charge is 0.363 e. The minimum Gasteiger partial charge on any atom is -0.363 e. The van der Waals surface area contributed by atoms with E-state index in [0.717, 1.165) is 31.1 Å². The molecule has 14 heteroatoms. The predicted molar refractivity (Wildman–Crippen MR) is 201 cm³/mol.